The van der Waals surface area contributed by atoms with Crippen molar-refractivity contribution in [2.24, 2.45) is 7.05 Å². The second kappa shape index (κ2) is 5.33. The highest BCUT2D eigenvalue weighted by Crippen LogP contribution is 2.21. The Morgan fingerprint density at radius 2 is 2.31 bits per heavy atom. The molecule has 0 radical (unpaired) electrons. The van der Waals surface area contributed by atoms with Gasteiger partial charge in [-0.25, -0.2) is 4.79 Å². The number of ether oxygens (including phenoxy) is 1. The molecule has 1 aromatic rings. The van der Waals surface area contributed by atoms with E-state index in [0.29, 0.717) is 0 Å². The molecule has 0 fully saturated rings. The minimum Gasteiger partial charge on any atom is -0.464 e. The molecule has 0 spiro atoms. The molecule has 0 aliphatic rings. The van der Waals surface area contributed by atoms with Crippen LogP contribution in [-0.4, -0.2) is 44.9 Å². The molecule has 0 aromatic carbocycles. The van der Waals surface area contributed by atoms with E-state index in [2.05, 4.69) is 22.5 Å². The first-order chi connectivity index (χ1) is 7.52. The molecule has 0 bridgehead atoms. The Kier molecular flexibility index (Phi) is 4.34. The number of hydrogen-bond acceptors (Lipinski definition) is 6. The summed E-state index contributed by atoms with van der Waals surface area (Å²) < 4.78 is 5.86. The van der Waals surface area contributed by atoms with E-state index >= 15 is 0 Å². The molecule has 1 heterocycles. The third-order valence-corrected chi connectivity index (χ3v) is 2.59. The van der Waals surface area contributed by atoms with E-state index in [1.165, 1.54) is 18.0 Å². The lowest BCUT2D eigenvalue weighted by Gasteiger charge is -2.15. The summed E-state index contributed by atoms with van der Waals surface area (Å²) in [6, 6.07) is 0. The number of aryl methyl sites for hydroxylation is 1. The smallest absolute Gasteiger partial charge is 0.356 e. The van der Waals surface area contributed by atoms with Gasteiger partial charge in [-0.15, -0.1) is 0 Å². The quantitative estimate of drug-likeness (QED) is 0.494. The van der Waals surface area contributed by atoms with Gasteiger partial charge in [-0.3, -0.25) is 4.68 Å². The molecule has 6 nitrogen and oxygen atoms in total. The molecular weight excluding hydrogens is 232 g/mol. The fourth-order valence-corrected chi connectivity index (χ4v) is 1.52. The number of nitrogens with zero attached hydrogens (tertiary/aromatic N) is 2. The normalized spacial score (nSPS) is 14.6. The second-order valence-electron chi connectivity index (χ2n) is 3.26. The largest absolute Gasteiger partial charge is 0.464 e. The fourth-order valence-electron chi connectivity index (χ4n) is 1.32. The molecular formula is C9H14N2O4S. The van der Waals surface area contributed by atoms with Crippen molar-refractivity contribution in [3.05, 3.63) is 17.5 Å². The molecule has 90 valence electrons. The van der Waals surface area contributed by atoms with Crippen LogP contribution in [0.2, 0.25) is 0 Å². The lowest BCUT2D eigenvalue weighted by atomic mass is 10.1. The molecule has 2 atom stereocenters. The maximum absolute atomic E-state index is 11.4. The number of thiol groups is 1. The highest BCUT2D eigenvalue weighted by atomic mass is 32.1. The van der Waals surface area contributed by atoms with Crippen LogP contribution >= 0.6 is 12.6 Å². The Morgan fingerprint density at radius 1 is 1.69 bits per heavy atom. The summed E-state index contributed by atoms with van der Waals surface area (Å²) in [6.45, 7) is 0. The summed E-state index contributed by atoms with van der Waals surface area (Å²) in [6.07, 6.45) is -0.944. The van der Waals surface area contributed by atoms with Crippen LogP contribution < -0.4 is 0 Å². The van der Waals surface area contributed by atoms with Crippen molar-refractivity contribution in [2.45, 2.75) is 12.2 Å². The van der Waals surface area contributed by atoms with Crippen molar-refractivity contribution in [3.8, 4) is 0 Å². The van der Waals surface area contributed by atoms with E-state index in [1.54, 1.807) is 7.05 Å². The zero-order valence-electron chi connectivity index (χ0n) is 8.99. The molecule has 0 saturated carbocycles. The van der Waals surface area contributed by atoms with Gasteiger partial charge in [0.15, 0.2) is 5.69 Å². The van der Waals surface area contributed by atoms with Crippen molar-refractivity contribution >= 4 is 18.6 Å². The number of carbonyl (C=O) groups excluding carboxylic acids is 1. The van der Waals surface area contributed by atoms with Gasteiger partial charge in [-0.2, -0.15) is 17.7 Å². The molecule has 2 unspecified atom stereocenters. The SMILES string of the molecule is COC(=O)c1c(C(O)C(O)CS)cnn1C. The number of esters is 1. The molecule has 0 aliphatic heterocycles. The standard InChI is InChI=1S/C9H14N2O4S/c1-11-7(9(14)15-2)5(3-10-11)8(13)6(12)4-16/h3,6,8,12-13,16H,4H2,1-2H3. The van der Waals surface area contributed by atoms with E-state index in [9.17, 15) is 15.0 Å². The molecule has 2 N–H and O–H groups in total. The maximum Gasteiger partial charge on any atom is 0.356 e. The predicted molar refractivity (Wildman–Crippen MR) is 59.4 cm³/mol. The van der Waals surface area contributed by atoms with Crippen LogP contribution in [0.25, 0.3) is 0 Å². The van der Waals surface area contributed by atoms with Gasteiger partial charge in [0.25, 0.3) is 0 Å². The van der Waals surface area contributed by atoms with E-state index in [4.69, 9.17) is 0 Å². The Bertz CT molecular complexity index is 380. The van der Waals surface area contributed by atoms with E-state index < -0.39 is 18.2 Å². The van der Waals surface area contributed by atoms with Crippen molar-refractivity contribution in [1.82, 2.24) is 9.78 Å². The number of aromatic nitrogens is 2. The average molecular weight is 246 g/mol. The van der Waals surface area contributed by atoms with Crippen molar-refractivity contribution in [2.75, 3.05) is 12.9 Å². The molecule has 0 amide bonds. The van der Waals surface area contributed by atoms with Gasteiger partial charge in [0.05, 0.1) is 19.4 Å². The summed E-state index contributed by atoms with van der Waals surface area (Å²) in [5.41, 5.74) is 0.353. The van der Waals surface area contributed by atoms with Gasteiger partial charge in [0, 0.05) is 18.4 Å². The van der Waals surface area contributed by atoms with Gasteiger partial charge < -0.3 is 14.9 Å². The number of methoxy groups -OCH3 is 1. The minimum absolute atomic E-state index is 0.0800. The topological polar surface area (TPSA) is 84.6 Å². The van der Waals surface area contributed by atoms with Gasteiger partial charge in [-0.05, 0) is 0 Å². The summed E-state index contributed by atoms with van der Waals surface area (Å²) in [7, 11) is 2.79. The lowest BCUT2D eigenvalue weighted by Crippen LogP contribution is -2.22. The van der Waals surface area contributed by atoms with Crippen LogP contribution in [0, 0.1) is 0 Å². The van der Waals surface area contributed by atoms with Crippen LogP contribution in [-0.2, 0) is 11.8 Å². The van der Waals surface area contributed by atoms with E-state index in [1.807, 2.05) is 0 Å². The van der Waals surface area contributed by atoms with Crippen molar-refractivity contribution < 1.29 is 19.7 Å². The summed E-state index contributed by atoms with van der Waals surface area (Å²) in [5, 5.41) is 23.1. The summed E-state index contributed by atoms with van der Waals surface area (Å²) >= 11 is 3.87. The molecule has 0 saturated heterocycles. The summed E-state index contributed by atoms with van der Waals surface area (Å²) in [5.74, 6) is -0.531. The van der Waals surface area contributed by atoms with Crippen LogP contribution in [0.15, 0.2) is 6.20 Å². The molecule has 1 rings (SSSR count). The minimum atomic E-state index is -1.21. The van der Waals surface area contributed by atoms with Crippen molar-refractivity contribution in [1.29, 1.82) is 0 Å². The summed E-state index contributed by atoms with van der Waals surface area (Å²) in [4.78, 5) is 11.4. The van der Waals surface area contributed by atoms with Crippen LogP contribution in [0.3, 0.4) is 0 Å². The van der Waals surface area contributed by atoms with Gasteiger partial charge in [-0.1, -0.05) is 0 Å². The number of aliphatic hydroxyl groups is 2. The maximum atomic E-state index is 11.4. The zero-order valence-corrected chi connectivity index (χ0v) is 9.89. The Morgan fingerprint density at radius 3 is 2.81 bits per heavy atom. The van der Waals surface area contributed by atoms with E-state index in [0.717, 1.165) is 0 Å². The van der Waals surface area contributed by atoms with Gasteiger partial charge >= 0.3 is 5.97 Å². The Balaban J connectivity index is 3.09. The van der Waals surface area contributed by atoms with Crippen LogP contribution in [0.5, 0.6) is 0 Å². The van der Waals surface area contributed by atoms with Crippen LogP contribution in [0.1, 0.15) is 22.2 Å². The van der Waals surface area contributed by atoms with Gasteiger partial charge in [0.2, 0.25) is 0 Å². The third-order valence-electron chi connectivity index (χ3n) is 2.22. The second-order valence-corrected chi connectivity index (χ2v) is 3.62. The predicted octanol–water partition coefficient (Wildman–Crippen LogP) is -0.469. The Hall–Kier alpha value is -1.05. The first-order valence-corrected chi connectivity index (χ1v) is 5.23. The highest BCUT2D eigenvalue weighted by molar-refractivity contribution is 7.80. The average Bonchev–Trinajstić information content (AvgIpc) is 2.68. The molecule has 1 aromatic heterocycles. The highest BCUT2D eigenvalue weighted by Gasteiger charge is 2.26. The van der Waals surface area contributed by atoms with Gasteiger partial charge in [0.1, 0.15) is 6.10 Å². The number of aliphatic hydroxyl groups excluding tert-OH is 2. The van der Waals surface area contributed by atoms with E-state index in [-0.39, 0.29) is 17.0 Å². The zero-order chi connectivity index (χ0) is 12.3. The monoisotopic (exact) mass is 246 g/mol. The third kappa shape index (κ3) is 2.37. The molecule has 7 heteroatoms. The number of hydrogen-bond donors (Lipinski definition) is 3. The lowest BCUT2D eigenvalue weighted by molar-refractivity contribution is 0.0315. The molecule has 0 aliphatic carbocycles. The molecule has 16 heavy (non-hydrogen) atoms. The number of rotatable bonds is 4. The van der Waals surface area contributed by atoms with Crippen molar-refractivity contribution in [3.63, 3.8) is 0 Å². The number of carbonyl (C=O) groups is 1. The first-order valence-electron chi connectivity index (χ1n) is 4.60. The Labute approximate surface area is 98.2 Å². The first kappa shape index (κ1) is 13.0. The van der Waals surface area contributed by atoms with Crippen LogP contribution in [0.4, 0.5) is 0 Å². The fraction of sp³-hybridized carbons (Fsp3) is 0.556.